The number of benzene rings is 1. The van der Waals surface area contributed by atoms with Crippen molar-refractivity contribution in [3.8, 4) is 0 Å². The average molecular weight is 416 g/mol. The fourth-order valence-corrected chi connectivity index (χ4v) is 3.82. The van der Waals surface area contributed by atoms with E-state index in [1.54, 1.807) is 24.9 Å². The lowest BCUT2D eigenvalue weighted by atomic mass is 10.1. The lowest BCUT2D eigenvalue weighted by Gasteiger charge is -2.08. The summed E-state index contributed by atoms with van der Waals surface area (Å²) in [6.45, 7) is 1.79. The molecule has 0 fully saturated rings. The zero-order valence-corrected chi connectivity index (χ0v) is 17.5. The Kier molecular flexibility index (Phi) is 6.58. The van der Waals surface area contributed by atoms with Crippen LogP contribution in [-0.2, 0) is 18.3 Å². The molecule has 2 N–H and O–H groups in total. The fourth-order valence-electron chi connectivity index (χ4n) is 2.60. The summed E-state index contributed by atoms with van der Waals surface area (Å²) < 4.78 is 1.95. The van der Waals surface area contributed by atoms with Gasteiger partial charge in [0.15, 0.2) is 10.3 Å². The first-order chi connectivity index (χ1) is 13.5. The van der Waals surface area contributed by atoms with E-state index >= 15 is 0 Å². The van der Waals surface area contributed by atoms with E-state index in [4.69, 9.17) is 0 Å². The maximum absolute atomic E-state index is 12.3. The minimum Gasteiger partial charge on any atom is -0.329 e. The molecule has 3 aromatic rings. The SMILES string of the molecule is CSc1nc(C)c(CCC(=O)Nc2ccc(Sc3nccn3C)cc2)c(=O)[nH]1. The molecule has 0 unspecified atom stereocenters. The molecule has 0 aliphatic heterocycles. The molecule has 3 rings (SSSR count). The molecule has 0 radical (unpaired) electrons. The first-order valence-electron chi connectivity index (χ1n) is 8.65. The number of hydrogen-bond acceptors (Lipinski definition) is 6. The van der Waals surface area contributed by atoms with Gasteiger partial charge in [0.05, 0.1) is 0 Å². The van der Waals surface area contributed by atoms with Crippen molar-refractivity contribution in [3.63, 3.8) is 0 Å². The van der Waals surface area contributed by atoms with Gasteiger partial charge in [-0.25, -0.2) is 9.97 Å². The summed E-state index contributed by atoms with van der Waals surface area (Å²) in [7, 11) is 1.95. The molecule has 1 amide bonds. The number of rotatable bonds is 7. The van der Waals surface area contributed by atoms with Gasteiger partial charge in [-0.1, -0.05) is 23.5 Å². The predicted molar refractivity (Wildman–Crippen MR) is 112 cm³/mol. The Balaban J connectivity index is 1.56. The highest BCUT2D eigenvalue weighted by molar-refractivity contribution is 7.99. The van der Waals surface area contributed by atoms with Crippen molar-refractivity contribution in [1.82, 2.24) is 19.5 Å². The molecular weight excluding hydrogens is 394 g/mol. The maximum atomic E-state index is 12.3. The van der Waals surface area contributed by atoms with E-state index in [2.05, 4.69) is 20.3 Å². The van der Waals surface area contributed by atoms with Gasteiger partial charge < -0.3 is 14.9 Å². The minimum atomic E-state index is -0.180. The van der Waals surface area contributed by atoms with E-state index in [1.165, 1.54) is 11.8 Å². The summed E-state index contributed by atoms with van der Waals surface area (Å²) in [6, 6.07) is 7.59. The standard InChI is InChI=1S/C19H21N5O2S2/c1-12-15(17(26)23-18(21-12)27-3)8-9-16(25)22-13-4-6-14(7-5-13)28-19-20-10-11-24(19)2/h4-7,10-11H,8-9H2,1-3H3,(H,22,25)(H,21,23,26). The topological polar surface area (TPSA) is 92.7 Å². The number of hydrogen-bond donors (Lipinski definition) is 2. The van der Waals surface area contributed by atoms with Crippen molar-refractivity contribution in [1.29, 1.82) is 0 Å². The summed E-state index contributed by atoms with van der Waals surface area (Å²) in [5.74, 6) is -0.141. The molecule has 146 valence electrons. The molecule has 0 aliphatic carbocycles. The molecule has 0 spiro atoms. The van der Waals surface area contributed by atoms with Gasteiger partial charge >= 0.3 is 0 Å². The number of amides is 1. The van der Waals surface area contributed by atoms with E-state index in [0.29, 0.717) is 22.8 Å². The van der Waals surface area contributed by atoms with Crippen LogP contribution in [0.5, 0.6) is 0 Å². The Bertz CT molecular complexity index is 1030. The van der Waals surface area contributed by atoms with Crippen molar-refractivity contribution in [2.45, 2.75) is 35.0 Å². The van der Waals surface area contributed by atoms with Crippen LogP contribution in [0.4, 0.5) is 5.69 Å². The third-order valence-corrected chi connectivity index (χ3v) is 5.78. The predicted octanol–water partition coefficient (Wildman–Crippen LogP) is 3.26. The van der Waals surface area contributed by atoms with Gasteiger partial charge in [0.25, 0.3) is 5.56 Å². The van der Waals surface area contributed by atoms with Crippen molar-refractivity contribution in [3.05, 3.63) is 58.3 Å². The Hall–Kier alpha value is -2.52. The number of aryl methyl sites for hydroxylation is 2. The van der Waals surface area contributed by atoms with Crippen LogP contribution in [0.2, 0.25) is 0 Å². The van der Waals surface area contributed by atoms with Gasteiger partial charge in [0.2, 0.25) is 5.91 Å². The number of imidazole rings is 1. The van der Waals surface area contributed by atoms with Crippen LogP contribution in [0, 0.1) is 6.92 Å². The maximum Gasteiger partial charge on any atom is 0.254 e. The van der Waals surface area contributed by atoms with E-state index in [-0.39, 0.29) is 17.9 Å². The lowest BCUT2D eigenvalue weighted by Crippen LogP contribution is -2.20. The second-order valence-corrected chi connectivity index (χ2v) is 7.97. The number of aromatic amines is 1. The molecular formula is C19H21N5O2S2. The van der Waals surface area contributed by atoms with Gasteiger partial charge in [-0.05, 0) is 43.9 Å². The summed E-state index contributed by atoms with van der Waals surface area (Å²) in [5.41, 5.74) is 1.75. The number of carbonyl (C=O) groups is 1. The molecule has 0 saturated carbocycles. The molecule has 1 aromatic carbocycles. The number of nitrogens with zero attached hydrogens (tertiary/aromatic N) is 3. The number of aromatic nitrogens is 4. The van der Waals surface area contributed by atoms with Crippen LogP contribution < -0.4 is 10.9 Å². The third kappa shape index (κ3) is 5.05. The molecule has 28 heavy (non-hydrogen) atoms. The zero-order valence-electron chi connectivity index (χ0n) is 15.9. The van der Waals surface area contributed by atoms with Crippen molar-refractivity contribution < 1.29 is 4.79 Å². The van der Waals surface area contributed by atoms with E-state index in [0.717, 1.165) is 15.7 Å². The fraction of sp³-hybridized carbons (Fsp3) is 0.263. The number of thioether (sulfide) groups is 1. The monoisotopic (exact) mass is 415 g/mol. The quantitative estimate of drug-likeness (QED) is 0.455. The smallest absolute Gasteiger partial charge is 0.254 e. The summed E-state index contributed by atoms with van der Waals surface area (Å²) >= 11 is 2.94. The molecule has 9 heteroatoms. The van der Waals surface area contributed by atoms with Crippen LogP contribution >= 0.6 is 23.5 Å². The first-order valence-corrected chi connectivity index (χ1v) is 10.7. The number of carbonyl (C=O) groups excluding carboxylic acids is 1. The molecule has 0 atom stereocenters. The molecule has 2 heterocycles. The Morgan fingerprint density at radius 3 is 2.64 bits per heavy atom. The molecule has 2 aromatic heterocycles. The second-order valence-electron chi connectivity index (χ2n) is 6.13. The Labute approximate surface area is 171 Å². The van der Waals surface area contributed by atoms with Crippen LogP contribution in [0.15, 0.2) is 56.7 Å². The van der Waals surface area contributed by atoms with E-state index < -0.39 is 0 Å². The highest BCUT2D eigenvalue weighted by atomic mass is 32.2. The zero-order chi connectivity index (χ0) is 20.1. The highest BCUT2D eigenvalue weighted by Gasteiger charge is 2.11. The van der Waals surface area contributed by atoms with Crippen molar-refractivity contribution >= 4 is 35.1 Å². The molecule has 0 bridgehead atoms. The second kappa shape index (κ2) is 9.11. The normalized spacial score (nSPS) is 10.8. The number of nitrogens with one attached hydrogen (secondary N) is 2. The largest absolute Gasteiger partial charge is 0.329 e. The van der Waals surface area contributed by atoms with Crippen LogP contribution in [0.25, 0.3) is 0 Å². The van der Waals surface area contributed by atoms with Gasteiger partial charge in [0, 0.05) is 47.7 Å². The van der Waals surface area contributed by atoms with Crippen LogP contribution in [0.1, 0.15) is 17.7 Å². The van der Waals surface area contributed by atoms with Gasteiger partial charge in [-0.2, -0.15) is 0 Å². The Morgan fingerprint density at radius 1 is 1.29 bits per heavy atom. The number of H-pyrrole nitrogens is 1. The van der Waals surface area contributed by atoms with E-state index in [9.17, 15) is 9.59 Å². The van der Waals surface area contributed by atoms with E-state index in [1.807, 2.05) is 48.3 Å². The van der Waals surface area contributed by atoms with Crippen molar-refractivity contribution in [2.24, 2.45) is 7.05 Å². The first kappa shape index (κ1) is 20.2. The average Bonchev–Trinajstić information content (AvgIpc) is 3.07. The number of anilines is 1. The molecule has 0 aliphatic rings. The Morgan fingerprint density at radius 2 is 2.04 bits per heavy atom. The molecule has 0 saturated heterocycles. The van der Waals surface area contributed by atoms with Gasteiger partial charge in [0.1, 0.15) is 0 Å². The van der Waals surface area contributed by atoms with Gasteiger partial charge in [-0.3, -0.25) is 9.59 Å². The minimum absolute atomic E-state index is 0.141. The lowest BCUT2D eigenvalue weighted by molar-refractivity contribution is -0.116. The van der Waals surface area contributed by atoms with Crippen LogP contribution in [-0.4, -0.2) is 31.7 Å². The van der Waals surface area contributed by atoms with Gasteiger partial charge in [-0.15, -0.1) is 0 Å². The third-order valence-electron chi connectivity index (χ3n) is 4.12. The summed E-state index contributed by atoms with van der Waals surface area (Å²) in [6.07, 6.45) is 6.07. The summed E-state index contributed by atoms with van der Waals surface area (Å²) in [4.78, 5) is 36.8. The van der Waals surface area contributed by atoms with Crippen LogP contribution in [0.3, 0.4) is 0 Å². The highest BCUT2D eigenvalue weighted by Crippen LogP contribution is 2.26. The molecule has 7 nitrogen and oxygen atoms in total. The summed E-state index contributed by atoms with van der Waals surface area (Å²) in [5, 5.41) is 4.35. The van der Waals surface area contributed by atoms with Crippen molar-refractivity contribution in [2.75, 3.05) is 11.6 Å².